The maximum absolute atomic E-state index is 6.57. The summed E-state index contributed by atoms with van der Waals surface area (Å²) in [7, 11) is 2.12. The van der Waals surface area contributed by atoms with E-state index in [1.165, 1.54) is 11.4 Å². The number of hydrogen-bond acceptors (Lipinski definition) is 6. The average Bonchev–Trinajstić information content (AvgIpc) is 3.52. The van der Waals surface area contributed by atoms with Crippen molar-refractivity contribution in [2.75, 3.05) is 23.5 Å². The molecule has 4 heterocycles. The zero-order valence-corrected chi connectivity index (χ0v) is 26.4. The molecule has 7 nitrogen and oxygen atoms in total. The SMILES string of the molecule is CC(C)c1nc2c(Oc3cc(C(C)(C)C)ccn3)cc(Oc3cccc(N4CN(C)c5ccccc54)c3)cn2c1C(C)C. The van der Waals surface area contributed by atoms with Crippen LogP contribution in [0.15, 0.2) is 79.1 Å². The Labute approximate surface area is 254 Å². The average molecular weight is 576 g/mol. The number of fused-ring (bicyclic) bond motifs is 2. The van der Waals surface area contributed by atoms with Crippen LogP contribution in [0.4, 0.5) is 17.1 Å². The van der Waals surface area contributed by atoms with Crippen molar-refractivity contribution in [3.8, 4) is 23.1 Å². The summed E-state index contributed by atoms with van der Waals surface area (Å²) in [5.74, 6) is 3.07. The number of rotatable bonds is 7. The van der Waals surface area contributed by atoms with Crippen LogP contribution in [-0.2, 0) is 5.41 Å². The normalized spacial score (nSPS) is 13.3. The number of anilines is 3. The second kappa shape index (κ2) is 11.0. The van der Waals surface area contributed by atoms with Gasteiger partial charge in [-0.05, 0) is 53.1 Å². The van der Waals surface area contributed by atoms with E-state index in [-0.39, 0.29) is 17.3 Å². The van der Waals surface area contributed by atoms with E-state index in [2.05, 4.69) is 111 Å². The highest BCUT2D eigenvalue weighted by Crippen LogP contribution is 2.41. The number of imidazole rings is 1. The van der Waals surface area contributed by atoms with Gasteiger partial charge in [0.1, 0.15) is 11.5 Å². The summed E-state index contributed by atoms with van der Waals surface area (Å²) >= 11 is 0. The zero-order valence-electron chi connectivity index (χ0n) is 26.4. The molecule has 0 spiro atoms. The number of ether oxygens (including phenoxy) is 2. The van der Waals surface area contributed by atoms with Crippen LogP contribution in [0.25, 0.3) is 5.65 Å². The highest BCUT2D eigenvalue weighted by atomic mass is 16.5. The standard InChI is InChI=1S/C36H41N5O2/c1-23(2)33-34(24(3)4)40-21-28(20-31(35(40)38-33)43-32-18-25(16-17-37-32)36(5,6)7)42-27-13-11-12-26(19-27)41-22-39(8)29-14-9-10-15-30(29)41/h9-21,23-24H,22H2,1-8H3. The van der Waals surface area contributed by atoms with Gasteiger partial charge in [0.15, 0.2) is 11.4 Å². The topological polar surface area (TPSA) is 55.1 Å². The first kappa shape index (κ1) is 28.6. The second-order valence-corrected chi connectivity index (χ2v) is 13.0. The molecule has 0 saturated heterocycles. The molecule has 0 atom stereocenters. The summed E-state index contributed by atoms with van der Waals surface area (Å²) in [5.41, 5.74) is 7.57. The molecule has 6 rings (SSSR count). The molecule has 1 aliphatic heterocycles. The Morgan fingerprint density at radius 2 is 1.58 bits per heavy atom. The van der Waals surface area contributed by atoms with E-state index in [0.29, 0.717) is 17.4 Å². The van der Waals surface area contributed by atoms with E-state index in [1.54, 1.807) is 6.20 Å². The van der Waals surface area contributed by atoms with E-state index < -0.39 is 0 Å². The van der Waals surface area contributed by atoms with Gasteiger partial charge in [-0.1, -0.05) is 66.7 Å². The van der Waals surface area contributed by atoms with Crippen LogP contribution in [0, 0.1) is 0 Å². The molecular formula is C36H41N5O2. The van der Waals surface area contributed by atoms with Gasteiger partial charge in [-0.25, -0.2) is 9.97 Å². The van der Waals surface area contributed by atoms with Crippen LogP contribution < -0.4 is 19.3 Å². The van der Waals surface area contributed by atoms with Crippen molar-refractivity contribution in [1.29, 1.82) is 0 Å². The Balaban J connectivity index is 1.41. The summed E-state index contributed by atoms with van der Waals surface area (Å²) < 4.78 is 15.2. The lowest BCUT2D eigenvalue weighted by Crippen LogP contribution is -2.23. The first-order valence-electron chi connectivity index (χ1n) is 15.1. The first-order valence-corrected chi connectivity index (χ1v) is 15.1. The first-order chi connectivity index (χ1) is 20.5. The molecule has 7 heteroatoms. The van der Waals surface area contributed by atoms with Gasteiger partial charge in [0.05, 0.1) is 29.9 Å². The predicted octanol–water partition coefficient (Wildman–Crippen LogP) is 9.40. The number of aromatic nitrogens is 3. The van der Waals surface area contributed by atoms with E-state index in [9.17, 15) is 0 Å². The molecule has 0 unspecified atom stereocenters. The van der Waals surface area contributed by atoms with Gasteiger partial charge < -0.3 is 19.3 Å². The van der Waals surface area contributed by atoms with Gasteiger partial charge in [-0.15, -0.1) is 0 Å². The number of nitrogens with zero attached hydrogens (tertiary/aromatic N) is 5. The third-order valence-electron chi connectivity index (χ3n) is 7.94. The third kappa shape index (κ3) is 5.52. The van der Waals surface area contributed by atoms with Gasteiger partial charge in [0.25, 0.3) is 0 Å². The van der Waals surface area contributed by atoms with Crippen LogP contribution in [0.2, 0.25) is 0 Å². The highest BCUT2D eigenvalue weighted by Gasteiger charge is 2.25. The van der Waals surface area contributed by atoms with Crippen molar-refractivity contribution in [3.63, 3.8) is 0 Å². The summed E-state index contributed by atoms with van der Waals surface area (Å²) in [5, 5.41) is 0. The van der Waals surface area contributed by atoms with Gasteiger partial charge in [0.2, 0.25) is 5.88 Å². The van der Waals surface area contributed by atoms with Crippen LogP contribution in [-0.4, -0.2) is 28.1 Å². The minimum atomic E-state index is -0.0278. The van der Waals surface area contributed by atoms with E-state index >= 15 is 0 Å². The fourth-order valence-electron chi connectivity index (χ4n) is 5.75. The second-order valence-electron chi connectivity index (χ2n) is 13.0. The van der Waals surface area contributed by atoms with Crippen molar-refractivity contribution in [2.45, 2.75) is 65.7 Å². The Morgan fingerprint density at radius 1 is 0.814 bits per heavy atom. The summed E-state index contributed by atoms with van der Waals surface area (Å²) in [6.07, 6.45) is 3.83. The Bertz CT molecular complexity index is 1780. The molecule has 5 aromatic rings. The monoisotopic (exact) mass is 575 g/mol. The van der Waals surface area contributed by atoms with Crippen molar-refractivity contribution in [2.24, 2.45) is 0 Å². The molecule has 0 N–H and O–H groups in total. The lowest BCUT2D eigenvalue weighted by molar-refractivity contribution is 0.445. The summed E-state index contributed by atoms with van der Waals surface area (Å²) in [6.45, 7) is 16.1. The zero-order chi connectivity index (χ0) is 30.5. The van der Waals surface area contributed by atoms with Crippen LogP contribution >= 0.6 is 0 Å². The van der Waals surface area contributed by atoms with Crippen molar-refractivity contribution in [3.05, 3.63) is 96.1 Å². The molecule has 0 fully saturated rings. The van der Waals surface area contributed by atoms with E-state index in [1.807, 2.05) is 36.5 Å². The number of benzene rings is 2. The maximum Gasteiger partial charge on any atom is 0.219 e. The summed E-state index contributed by atoms with van der Waals surface area (Å²) in [6, 6.07) is 22.7. The van der Waals surface area contributed by atoms with Crippen molar-refractivity contribution < 1.29 is 9.47 Å². The predicted molar refractivity (Wildman–Crippen MR) is 175 cm³/mol. The molecule has 2 aromatic carbocycles. The molecule has 1 aliphatic rings. The van der Waals surface area contributed by atoms with Crippen LogP contribution in [0.5, 0.6) is 23.1 Å². The molecule has 222 valence electrons. The molecular weight excluding hydrogens is 534 g/mol. The van der Waals surface area contributed by atoms with Gasteiger partial charge in [-0.2, -0.15) is 0 Å². The minimum absolute atomic E-state index is 0.0278. The highest BCUT2D eigenvalue weighted by molar-refractivity contribution is 5.82. The summed E-state index contributed by atoms with van der Waals surface area (Å²) in [4.78, 5) is 14.2. The van der Waals surface area contributed by atoms with E-state index in [0.717, 1.165) is 40.7 Å². The Hall–Kier alpha value is -4.52. The molecule has 43 heavy (non-hydrogen) atoms. The number of pyridine rings is 2. The largest absolute Gasteiger partial charge is 0.456 e. The van der Waals surface area contributed by atoms with Crippen LogP contribution in [0.1, 0.15) is 77.3 Å². The van der Waals surface area contributed by atoms with Gasteiger partial charge in [-0.3, -0.25) is 4.40 Å². The molecule has 0 amide bonds. The maximum atomic E-state index is 6.57. The Kier molecular flexibility index (Phi) is 7.28. The molecule has 0 bridgehead atoms. The lowest BCUT2D eigenvalue weighted by Gasteiger charge is -2.20. The fraction of sp³-hybridized carbons (Fsp3) is 0.333. The minimum Gasteiger partial charge on any atom is -0.456 e. The number of para-hydroxylation sites is 2. The third-order valence-corrected chi connectivity index (χ3v) is 7.94. The molecule has 0 radical (unpaired) electrons. The molecule has 0 saturated carbocycles. The van der Waals surface area contributed by atoms with Crippen LogP contribution in [0.3, 0.4) is 0 Å². The van der Waals surface area contributed by atoms with Crippen molar-refractivity contribution >= 4 is 22.7 Å². The fourth-order valence-corrected chi connectivity index (χ4v) is 5.75. The van der Waals surface area contributed by atoms with E-state index in [4.69, 9.17) is 14.5 Å². The quantitative estimate of drug-likeness (QED) is 0.193. The lowest BCUT2D eigenvalue weighted by atomic mass is 9.88. The number of hydrogen-bond donors (Lipinski definition) is 0. The van der Waals surface area contributed by atoms with Gasteiger partial charge in [0, 0.05) is 42.8 Å². The van der Waals surface area contributed by atoms with Gasteiger partial charge >= 0.3 is 0 Å². The molecule has 0 aliphatic carbocycles. The van der Waals surface area contributed by atoms with Crippen molar-refractivity contribution in [1.82, 2.24) is 14.4 Å². The Morgan fingerprint density at radius 3 is 2.30 bits per heavy atom. The molecule has 3 aromatic heterocycles. The smallest absolute Gasteiger partial charge is 0.219 e.